The molecule has 30 heavy (non-hydrogen) atoms. The highest BCUT2D eigenvalue weighted by molar-refractivity contribution is 6.31. The molecule has 0 radical (unpaired) electrons. The molecule has 0 fully saturated rings. The molecule has 0 amide bonds. The number of ether oxygens (including phenoxy) is 2. The van der Waals surface area contributed by atoms with Crippen molar-refractivity contribution in [2.45, 2.75) is 19.3 Å². The number of rotatable bonds is 6. The summed E-state index contributed by atoms with van der Waals surface area (Å²) in [6.07, 6.45) is -10.2. The van der Waals surface area contributed by atoms with Crippen molar-refractivity contribution < 1.29 is 45.4 Å². The molecule has 4 nitrogen and oxygen atoms in total. The van der Waals surface area contributed by atoms with E-state index in [4.69, 9.17) is 16.3 Å². The van der Waals surface area contributed by atoms with Crippen LogP contribution in [0.2, 0.25) is 5.02 Å². The number of esters is 1. The molecule has 2 aromatic rings. The van der Waals surface area contributed by atoms with Crippen LogP contribution in [-0.2, 0) is 21.9 Å². The third kappa shape index (κ3) is 5.88. The maximum atomic E-state index is 13.1. The summed E-state index contributed by atoms with van der Waals surface area (Å²) >= 11 is 5.81. The van der Waals surface area contributed by atoms with Crippen LogP contribution < -0.4 is 4.74 Å². The Bertz CT molecular complexity index is 921. The molecule has 0 saturated heterocycles. The summed E-state index contributed by atoms with van der Waals surface area (Å²) in [6, 6.07) is 3.95. The van der Waals surface area contributed by atoms with Gasteiger partial charge in [0, 0.05) is 10.6 Å². The molecule has 0 unspecified atom stereocenters. The lowest BCUT2D eigenvalue weighted by molar-refractivity contribution is -0.145. The molecular weight excluding hydrogens is 442 g/mol. The van der Waals surface area contributed by atoms with Crippen molar-refractivity contribution in [2.24, 2.45) is 0 Å². The van der Waals surface area contributed by atoms with Gasteiger partial charge in [-0.25, -0.2) is 4.79 Å². The molecule has 162 valence electrons. The first-order valence-electron chi connectivity index (χ1n) is 8.25. The monoisotopic (exact) mass is 454 g/mol. The number of hydrogen-bond acceptors (Lipinski definition) is 4. The number of carbonyl (C=O) groups is 2. The molecule has 2 rings (SSSR count). The summed E-state index contributed by atoms with van der Waals surface area (Å²) in [5.74, 6) is -2.25. The average molecular weight is 455 g/mol. The van der Waals surface area contributed by atoms with Crippen LogP contribution in [0, 0.1) is 0 Å². The Balaban J connectivity index is 2.52. The molecule has 0 saturated carbocycles. The first kappa shape index (κ1) is 23.5. The van der Waals surface area contributed by atoms with Crippen molar-refractivity contribution in [3.05, 3.63) is 63.7 Å². The van der Waals surface area contributed by atoms with Crippen LogP contribution in [0.25, 0.3) is 0 Å². The Kier molecular flexibility index (Phi) is 7.02. The fourth-order valence-electron chi connectivity index (χ4n) is 2.39. The molecule has 11 heteroatoms. The Morgan fingerprint density at radius 1 is 0.933 bits per heavy atom. The predicted octanol–water partition coefficient (Wildman–Crippen LogP) is 5.55. The Morgan fingerprint density at radius 2 is 1.50 bits per heavy atom. The van der Waals surface area contributed by atoms with E-state index in [-0.39, 0.29) is 23.4 Å². The standard InChI is InChI=1S/C19H13ClF6O4/c1-2-29-16(27)9-30-15-4-3-13(20)8-14(15)17(28)10-5-11(18(21,22)23)7-12(6-10)19(24,25)26/h3-8H,2,9H2,1H3. The normalized spacial score (nSPS) is 11.9. The summed E-state index contributed by atoms with van der Waals surface area (Å²) in [5, 5.41) is -0.0233. The van der Waals surface area contributed by atoms with Crippen molar-refractivity contribution in [1.29, 1.82) is 0 Å². The molecule has 0 bridgehead atoms. The minimum atomic E-state index is -5.12. The van der Waals surface area contributed by atoms with E-state index in [0.29, 0.717) is 12.1 Å². The molecular formula is C19H13ClF6O4. The van der Waals surface area contributed by atoms with E-state index in [0.717, 1.165) is 12.1 Å². The lowest BCUT2D eigenvalue weighted by Gasteiger charge is -2.15. The highest BCUT2D eigenvalue weighted by atomic mass is 35.5. The summed E-state index contributed by atoms with van der Waals surface area (Å²) in [4.78, 5) is 24.2. The summed E-state index contributed by atoms with van der Waals surface area (Å²) in [5.41, 5.74) is -4.58. The minimum Gasteiger partial charge on any atom is -0.481 e. The van der Waals surface area contributed by atoms with Crippen LogP contribution in [0.5, 0.6) is 5.75 Å². The van der Waals surface area contributed by atoms with Gasteiger partial charge in [-0.2, -0.15) is 26.3 Å². The first-order chi connectivity index (χ1) is 13.8. The summed E-state index contributed by atoms with van der Waals surface area (Å²) < 4.78 is 88.1. The first-order valence-corrected chi connectivity index (χ1v) is 8.63. The van der Waals surface area contributed by atoms with Gasteiger partial charge in [-0.05, 0) is 43.3 Å². The van der Waals surface area contributed by atoms with E-state index in [9.17, 15) is 35.9 Å². The topological polar surface area (TPSA) is 52.6 Å². The van der Waals surface area contributed by atoms with Gasteiger partial charge in [0.25, 0.3) is 0 Å². The molecule has 0 aromatic heterocycles. The summed E-state index contributed by atoms with van der Waals surface area (Å²) in [6.45, 7) is 0.964. The molecule has 0 heterocycles. The van der Waals surface area contributed by atoms with Crippen LogP contribution in [0.15, 0.2) is 36.4 Å². The van der Waals surface area contributed by atoms with Crippen LogP contribution in [0.3, 0.4) is 0 Å². The van der Waals surface area contributed by atoms with Crippen molar-refractivity contribution in [3.8, 4) is 5.75 Å². The van der Waals surface area contributed by atoms with Gasteiger partial charge < -0.3 is 9.47 Å². The number of halogens is 7. The predicted molar refractivity (Wildman–Crippen MR) is 93.5 cm³/mol. The van der Waals surface area contributed by atoms with E-state index in [1.165, 1.54) is 6.07 Å². The molecule has 0 aliphatic carbocycles. The molecule has 0 aliphatic rings. The van der Waals surface area contributed by atoms with E-state index < -0.39 is 53.0 Å². The van der Waals surface area contributed by atoms with E-state index in [1.54, 1.807) is 6.92 Å². The minimum absolute atomic E-state index is 0.0233. The number of benzene rings is 2. The lowest BCUT2D eigenvalue weighted by Crippen LogP contribution is -2.17. The maximum Gasteiger partial charge on any atom is 0.416 e. The van der Waals surface area contributed by atoms with E-state index in [2.05, 4.69) is 4.74 Å². The number of carbonyl (C=O) groups excluding carboxylic acids is 2. The van der Waals surface area contributed by atoms with Crippen molar-refractivity contribution in [1.82, 2.24) is 0 Å². The Morgan fingerprint density at radius 3 is 2.00 bits per heavy atom. The average Bonchev–Trinajstić information content (AvgIpc) is 2.65. The van der Waals surface area contributed by atoms with Gasteiger partial charge in [0.2, 0.25) is 0 Å². The molecule has 0 spiro atoms. The lowest BCUT2D eigenvalue weighted by atomic mass is 9.97. The largest absolute Gasteiger partial charge is 0.481 e. The molecule has 2 aromatic carbocycles. The fraction of sp³-hybridized carbons (Fsp3) is 0.263. The van der Waals surface area contributed by atoms with Gasteiger partial charge in [-0.15, -0.1) is 0 Å². The number of ketones is 1. The SMILES string of the molecule is CCOC(=O)COc1ccc(Cl)cc1C(=O)c1cc(C(F)(F)F)cc(C(F)(F)F)c1. The van der Waals surface area contributed by atoms with E-state index >= 15 is 0 Å². The van der Waals surface area contributed by atoms with Crippen LogP contribution >= 0.6 is 11.6 Å². The number of alkyl halides is 6. The van der Waals surface area contributed by atoms with Crippen molar-refractivity contribution >= 4 is 23.4 Å². The van der Waals surface area contributed by atoms with Crippen LogP contribution in [0.4, 0.5) is 26.3 Å². The van der Waals surface area contributed by atoms with Crippen molar-refractivity contribution in [2.75, 3.05) is 13.2 Å². The van der Waals surface area contributed by atoms with Gasteiger partial charge in [-0.1, -0.05) is 11.6 Å². The zero-order valence-electron chi connectivity index (χ0n) is 15.2. The zero-order valence-corrected chi connectivity index (χ0v) is 15.9. The van der Waals surface area contributed by atoms with Gasteiger partial charge >= 0.3 is 18.3 Å². The van der Waals surface area contributed by atoms with Gasteiger partial charge in [0.1, 0.15) is 5.75 Å². The highest BCUT2D eigenvalue weighted by Gasteiger charge is 2.37. The van der Waals surface area contributed by atoms with E-state index in [1.807, 2.05) is 0 Å². The second-order valence-electron chi connectivity index (χ2n) is 5.86. The third-order valence-corrected chi connectivity index (χ3v) is 3.92. The Labute approximate surface area is 171 Å². The second kappa shape index (κ2) is 8.95. The Hall–Kier alpha value is -2.75. The zero-order chi connectivity index (χ0) is 22.7. The molecule has 0 N–H and O–H groups in total. The highest BCUT2D eigenvalue weighted by Crippen LogP contribution is 2.37. The smallest absolute Gasteiger partial charge is 0.416 e. The third-order valence-electron chi connectivity index (χ3n) is 3.69. The molecule has 0 atom stereocenters. The molecule has 0 aliphatic heterocycles. The maximum absolute atomic E-state index is 13.1. The quantitative estimate of drug-likeness (QED) is 0.326. The van der Waals surface area contributed by atoms with Gasteiger partial charge in [0.05, 0.1) is 23.3 Å². The van der Waals surface area contributed by atoms with Crippen LogP contribution in [-0.4, -0.2) is 25.0 Å². The van der Waals surface area contributed by atoms with Gasteiger partial charge in [0.15, 0.2) is 12.4 Å². The van der Waals surface area contributed by atoms with Gasteiger partial charge in [-0.3, -0.25) is 4.79 Å². The van der Waals surface area contributed by atoms with Crippen molar-refractivity contribution in [3.63, 3.8) is 0 Å². The second-order valence-corrected chi connectivity index (χ2v) is 6.29. The fourth-order valence-corrected chi connectivity index (χ4v) is 2.56. The number of hydrogen-bond donors (Lipinski definition) is 0. The summed E-state index contributed by atoms with van der Waals surface area (Å²) in [7, 11) is 0. The van der Waals surface area contributed by atoms with Crippen LogP contribution in [0.1, 0.15) is 34.0 Å².